The molecule has 0 unspecified atom stereocenters. The van der Waals surface area contributed by atoms with Gasteiger partial charge in [-0.1, -0.05) is 19.6 Å². The van der Waals surface area contributed by atoms with Crippen molar-refractivity contribution in [2.45, 2.75) is 32.4 Å². The zero-order chi connectivity index (χ0) is 13.0. The largest absolute Gasteiger partial charge is 0.360 e. The Morgan fingerprint density at radius 2 is 2.11 bits per heavy atom. The zero-order valence-electron chi connectivity index (χ0n) is 11.2. The molecule has 0 atom stereocenters. The van der Waals surface area contributed by atoms with Crippen LogP contribution >= 0.6 is 0 Å². The van der Waals surface area contributed by atoms with Crippen LogP contribution in [0.5, 0.6) is 0 Å². The van der Waals surface area contributed by atoms with E-state index in [2.05, 4.69) is 29.8 Å². The Morgan fingerprint density at radius 1 is 1.28 bits per heavy atom. The van der Waals surface area contributed by atoms with E-state index in [0.717, 1.165) is 12.4 Å². The summed E-state index contributed by atoms with van der Waals surface area (Å²) in [5, 5.41) is 8.52. The van der Waals surface area contributed by atoms with Gasteiger partial charge in [0, 0.05) is 39.3 Å². The van der Waals surface area contributed by atoms with Crippen LogP contribution in [-0.2, 0) is 11.5 Å². The number of aromatic nitrogens is 4. The second-order valence-corrected chi connectivity index (χ2v) is 11.1. The lowest BCUT2D eigenvalue weighted by atomic mass is 10.6. The lowest BCUT2D eigenvalue weighted by molar-refractivity contribution is 0.0785. The number of hydrogen-bond acceptors (Lipinski definition) is 3. The molecule has 98 valence electrons. The summed E-state index contributed by atoms with van der Waals surface area (Å²) < 4.78 is 9.16. The highest BCUT2D eigenvalue weighted by molar-refractivity contribution is 6.76. The van der Waals surface area contributed by atoms with E-state index in [1.165, 1.54) is 6.04 Å². The fraction of sp³-hybridized carbons (Fsp3) is 0.500. The van der Waals surface area contributed by atoms with Gasteiger partial charge in [-0.15, -0.1) is 0 Å². The van der Waals surface area contributed by atoms with E-state index in [1.807, 2.05) is 24.5 Å². The molecule has 0 N–H and O–H groups in total. The fourth-order valence-electron chi connectivity index (χ4n) is 1.49. The quantitative estimate of drug-likeness (QED) is 0.594. The normalized spacial score (nSPS) is 11.9. The lowest BCUT2D eigenvalue weighted by Crippen LogP contribution is -2.22. The molecule has 0 radical (unpaired) electrons. The van der Waals surface area contributed by atoms with Crippen LogP contribution in [0.2, 0.25) is 25.7 Å². The molecule has 0 spiro atoms. The van der Waals surface area contributed by atoms with Gasteiger partial charge in [-0.05, 0) is 12.1 Å². The van der Waals surface area contributed by atoms with Gasteiger partial charge in [-0.3, -0.25) is 0 Å². The van der Waals surface area contributed by atoms with Crippen LogP contribution in [0.25, 0.3) is 5.82 Å². The van der Waals surface area contributed by atoms with E-state index >= 15 is 0 Å². The molecule has 18 heavy (non-hydrogen) atoms. The average molecular weight is 264 g/mol. The fourth-order valence-corrected chi connectivity index (χ4v) is 2.24. The third-order valence-electron chi connectivity index (χ3n) is 2.59. The number of ether oxygens (including phenoxy) is 1. The van der Waals surface area contributed by atoms with Gasteiger partial charge in [0.05, 0.1) is 0 Å². The predicted molar refractivity (Wildman–Crippen MR) is 73.5 cm³/mol. The Labute approximate surface area is 108 Å². The van der Waals surface area contributed by atoms with Crippen LogP contribution < -0.4 is 0 Å². The smallest absolute Gasteiger partial charge is 0.175 e. The zero-order valence-corrected chi connectivity index (χ0v) is 12.2. The molecule has 5 nitrogen and oxygen atoms in total. The Morgan fingerprint density at radius 3 is 2.78 bits per heavy atom. The summed E-state index contributed by atoms with van der Waals surface area (Å²) in [5.74, 6) is 0.814. The third-order valence-corrected chi connectivity index (χ3v) is 4.29. The molecule has 0 aromatic carbocycles. The van der Waals surface area contributed by atoms with Crippen LogP contribution in [0, 0.1) is 0 Å². The van der Waals surface area contributed by atoms with Crippen molar-refractivity contribution in [3.63, 3.8) is 0 Å². The van der Waals surface area contributed by atoms with E-state index in [1.54, 1.807) is 15.6 Å². The van der Waals surface area contributed by atoms with Crippen molar-refractivity contribution in [1.29, 1.82) is 0 Å². The molecule has 0 fully saturated rings. The molecule has 0 aliphatic carbocycles. The Hall–Kier alpha value is -1.40. The van der Waals surface area contributed by atoms with Gasteiger partial charge >= 0.3 is 0 Å². The highest BCUT2D eigenvalue weighted by atomic mass is 28.3. The van der Waals surface area contributed by atoms with Gasteiger partial charge in [0.1, 0.15) is 6.73 Å². The standard InChI is InChI=1S/C12H20N4OSi/c1-18(2,3)10-9-17-11-15-8-5-12(14-15)16-7-4-6-13-16/h4-8H,9-11H2,1-3H3. The van der Waals surface area contributed by atoms with Crippen LogP contribution in [-0.4, -0.2) is 34.2 Å². The average Bonchev–Trinajstić information content (AvgIpc) is 2.93. The molecule has 0 bridgehead atoms. The van der Waals surface area contributed by atoms with Crippen molar-refractivity contribution in [2.24, 2.45) is 0 Å². The molecule has 2 aromatic rings. The Kier molecular flexibility index (Phi) is 3.98. The summed E-state index contributed by atoms with van der Waals surface area (Å²) in [6.45, 7) is 8.36. The van der Waals surface area contributed by atoms with Crippen LogP contribution in [0.3, 0.4) is 0 Å². The molecule has 0 amide bonds. The first-order valence-electron chi connectivity index (χ1n) is 6.16. The molecule has 2 heterocycles. The highest BCUT2D eigenvalue weighted by Crippen LogP contribution is 2.08. The van der Waals surface area contributed by atoms with Gasteiger partial charge in [-0.2, -0.15) is 10.2 Å². The molecule has 0 saturated carbocycles. The SMILES string of the molecule is C[Si](C)(C)CCOCn1ccc(-n2cccn2)n1. The minimum atomic E-state index is -1.00. The van der Waals surface area contributed by atoms with Gasteiger partial charge in [0.15, 0.2) is 5.82 Å². The second kappa shape index (κ2) is 5.49. The van der Waals surface area contributed by atoms with Crippen molar-refractivity contribution in [3.05, 3.63) is 30.7 Å². The van der Waals surface area contributed by atoms with E-state index in [0.29, 0.717) is 6.73 Å². The monoisotopic (exact) mass is 264 g/mol. The van der Waals surface area contributed by atoms with Gasteiger partial charge in [0.25, 0.3) is 0 Å². The van der Waals surface area contributed by atoms with Crippen molar-refractivity contribution in [3.8, 4) is 5.82 Å². The number of nitrogens with zero attached hydrogens (tertiary/aromatic N) is 4. The highest BCUT2D eigenvalue weighted by Gasteiger charge is 2.12. The summed E-state index contributed by atoms with van der Waals surface area (Å²) in [7, 11) is -1.00. The first kappa shape index (κ1) is 13.0. The first-order valence-corrected chi connectivity index (χ1v) is 9.86. The molecule has 6 heteroatoms. The molecule has 2 rings (SSSR count). The number of hydrogen-bond donors (Lipinski definition) is 0. The van der Waals surface area contributed by atoms with Gasteiger partial charge < -0.3 is 4.74 Å². The summed E-state index contributed by atoms with van der Waals surface area (Å²) in [4.78, 5) is 0. The van der Waals surface area contributed by atoms with Crippen LogP contribution in [0.4, 0.5) is 0 Å². The maximum absolute atomic E-state index is 5.63. The minimum Gasteiger partial charge on any atom is -0.360 e. The summed E-state index contributed by atoms with van der Waals surface area (Å²) in [6.07, 6.45) is 5.52. The van der Waals surface area contributed by atoms with Gasteiger partial charge in [-0.25, -0.2) is 9.36 Å². The predicted octanol–water partition coefficient (Wildman–Crippen LogP) is 2.38. The van der Waals surface area contributed by atoms with Crippen molar-refractivity contribution < 1.29 is 4.74 Å². The maximum Gasteiger partial charge on any atom is 0.175 e. The van der Waals surface area contributed by atoms with E-state index in [9.17, 15) is 0 Å². The van der Waals surface area contributed by atoms with Gasteiger partial charge in [0.2, 0.25) is 0 Å². The van der Waals surface area contributed by atoms with E-state index in [4.69, 9.17) is 4.74 Å². The van der Waals surface area contributed by atoms with Crippen molar-refractivity contribution in [2.75, 3.05) is 6.61 Å². The van der Waals surface area contributed by atoms with Crippen molar-refractivity contribution >= 4 is 8.07 Å². The molecule has 0 aliphatic rings. The summed E-state index contributed by atoms with van der Waals surface area (Å²) in [5.41, 5.74) is 0. The molecule has 2 aromatic heterocycles. The van der Waals surface area contributed by atoms with E-state index in [-0.39, 0.29) is 0 Å². The molecule has 0 saturated heterocycles. The summed E-state index contributed by atoms with van der Waals surface area (Å²) >= 11 is 0. The lowest BCUT2D eigenvalue weighted by Gasteiger charge is -2.15. The maximum atomic E-state index is 5.63. The molecular formula is C12H20N4OSi. The van der Waals surface area contributed by atoms with Crippen molar-refractivity contribution in [1.82, 2.24) is 19.6 Å². The van der Waals surface area contributed by atoms with E-state index < -0.39 is 8.07 Å². The second-order valence-electron chi connectivity index (χ2n) is 5.51. The molecule has 0 aliphatic heterocycles. The van der Waals surface area contributed by atoms with Crippen LogP contribution in [0.15, 0.2) is 30.7 Å². The first-order chi connectivity index (χ1) is 8.54. The topological polar surface area (TPSA) is 44.9 Å². The minimum absolute atomic E-state index is 0.506. The Bertz CT molecular complexity index is 472. The molecular weight excluding hydrogens is 244 g/mol. The van der Waals surface area contributed by atoms with Crippen LogP contribution in [0.1, 0.15) is 0 Å². The summed E-state index contributed by atoms with van der Waals surface area (Å²) in [6, 6.07) is 4.98. The third kappa shape index (κ3) is 3.81. The number of rotatable bonds is 6. The Balaban J connectivity index is 1.81.